The molecular weight excluding hydrogens is 375 g/mol. The second kappa shape index (κ2) is 8.03. The minimum atomic E-state index is -0.433. The van der Waals surface area contributed by atoms with E-state index >= 15 is 0 Å². The Hall–Kier alpha value is -2.83. The lowest BCUT2D eigenvalue weighted by atomic mass is 10.1. The van der Waals surface area contributed by atoms with Gasteiger partial charge in [0.05, 0.1) is 30.8 Å². The zero-order chi connectivity index (χ0) is 18.5. The first kappa shape index (κ1) is 18.0. The first-order valence-corrected chi connectivity index (χ1v) is 8.30. The zero-order valence-corrected chi connectivity index (χ0v) is 15.2. The van der Waals surface area contributed by atoms with E-state index in [1.807, 2.05) is 12.1 Å². The predicted molar refractivity (Wildman–Crippen MR) is 102 cm³/mol. The molecule has 8 heteroatoms. The Kier molecular flexibility index (Phi) is 5.55. The number of carbonyl (C=O) groups excluding carboxylic acids is 1. The molecule has 132 valence electrons. The van der Waals surface area contributed by atoms with Gasteiger partial charge in [-0.1, -0.05) is 35.3 Å². The molecule has 0 fully saturated rings. The number of halogens is 2. The van der Waals surface area contributed by atoms with Gasteiger partial charge in [-0.15, -0.1) is 0 Å². The molecule has 26 heavy (non-hydrogen) atoms. The highest BCUT2D eigenvalue weighted by Crippen LogP contribution is 2.23. The summed E-state index contributed by atoms with van der Waals surface area (Å²) in [5.74, 6) is -0.0237. The van der Waals surface area contributed by atoms with Crippen LogP contribution in [0.3, 0.4) is 0 Å². The Balaban J connectivity index is 1.76. The van der Waals surface area contributed by atoms with Crippen LogP contribution in [0.15, 0.2) is 53.8 Å². The average molecular weight is 389 g/mol. The van der Waals surface area contributed by atoms with Crippen LogP contribution in [0.4, 0.5) is 0 Å². The molecule has 1 heterocycles. The molecule has 0 unspecified atom stereocenters. The third-order valence-electron chi connectivity index (χ3n) is 3.58. The van der Waals surface area contributed by atoms with E-state index in [1.165, 1.54) is 19.4 Å². The van der Waals surface area contributed by atoms with Crippen LogP contribution < -0.4 is 10.2 Å². The van der Waals surface area contributed by atoms with E-state index in [-0.39, 0.29) is 0 Å². The number of rotatable bonds is 5. The number of amides is 1. The van der Waals surface area contributed by atoms with E-state index in [0.29, 0.717) is 26.9 Å². The van der Waals surface area contributed by atoms with Gasteiger partial charge >= 0.3 is 0 Å². The van der Waals surface area contributed by atoms with Gasteiger partial charge in [-0.05, 0) is 30.3 Å². The first-order chi connectivity index (χ1) is 12.6. The van der Waals surface area contributed by atoms with E-state index in [2.05, 4.69) is 20.7 Å². The fourth-order valence-electron chi connectivity index (χ4n) is 2.32. The largest absolute Gasteiger partial charge is 0.496 e. The molecule has 1 amide bonds. The third-order valence-corrected chi connectivity index (χ3v) is 4.06. The number of carbonyl (C=O) groups is 1. The molecular formula is C18H14Cl2N4O2. The number of hydrazone groups is 1. The summed E-state index contributed by atoms with van der Waals surface area (Å²) in [5.41, 5.74) is 5.13. The topological polar surface area (TPSA) is 79.4 Å². The summed E-state index contributed by atoms with van der Waals surface area (Å²) in [4.78, 5) is 12.3. The van der Waals surface area contributed by atoms with Crippen molar-refractivity contribution in [2.45, 2.75) is 0 Å². The molecule has 0 radical (unpaired) electrons. The highest BCUT2D eigenvalue weighted by atomic mass is 35.5. The number of hydrogen-bond donors (Lipinski definition) is 2. The molecule has 6 nitrogen and oxygen atoms in total. The van der Waals surface area contributed by atoms with E-state index in [0.717, 1.165) is 11.3 Å². The standard InChI is InChI=1S/C18H14Cl2N4O2/c1-26-16-7-6-14(20)8-15(16)18(25)24-22-10-12-9-21-23-17(12)11-2-4-13(19)5-3-11/h2-10H,1H3,(H,21,23)(H,24,25)/b22-10-. The molecule has 0 bridgehead atoms. The van der Waals surface area contributed by atoms with Gasteiger partial charge in [-0.25, -0.2) is 5.43 Å². The van der Waals surface area contributed by atoms with E-state index in [9.17, 15) is 4.79 Å². The van der Waals surface area contributed by atoms with Gasteiger partial charge in [0.1, 0.15) is 5.75 Å². The Labute approximate surface area is 159 Å². The fraction of sp³-hybridized carbons (Fsp3) is 0.0556. The lowest BCUT2D eigenvalue weighted by Crippen LogP contribution is -2.18. The SMILES string of the molecule is COc1ccc(Cl)cc1C(=O)N/N=C\c1cn[nH]c1-c1ccc(Cl)cc1. The minimum Gasteiger partial charge on any atom is -0.496 e. The van der Waals surface area contributed by atoms with Crippen LogP contribution in [0.5, 0.6) is 5.75 Å². The Morgan fingerprint density at radius 1 is 1.19 bits per heavy atom. The molecule has 3 rings (SSSR count). The summed E-state index contributed by atoms with van der Waals surface area (Å²) < 4.78 is 5.16. The van der Waals surface area contributed by atoms with Gasteiger partial charge in [0.25, 0.3) is 5.91 Å². The molecule has 0 aliphatic rings. The second-order valence-corrected chi connectivity index (χ2v) is 6.12. The molecule has 0 saturated heterocycles. The summed E-state index contributed by atoms with van der Waals surface area (Å²) in [6.45, 7) is 0. The van der Waals surface area contributed by atoms with Gasteiger partial charge in [0.2, 0.25) is 0 Å². The number of ether oxygens (including phenoxy) is 1. The highest BCUT2D eigenvalue weighted by molar-refractivity contribution is 6.31. The zero-order valence-electron chi connectivity index (χ0n) is 13.7. The van der Waals surface area contributed by atoms with Gasteiger partial charge in [0.15, 0.2) is 0 Å². The molecule has 3 aromatic rings. The predicted octanol–water partition coefficient (Wildman–Crippen LogP) is 4.16. The molecule has 0 aliphatic heterocycles. The van der Waals surface area contributed by atoms with Gasteiger partial charge in [-0.2, -0.15) is 10.2 Å². The lowest BCUT2D eigenvalue weighted by Gasteiger charge is -2.07. The van der Waals surface area contributed by atoms with Crippen molar-refractivity contribution in [3.63, 3.8) is 0 Å². The summed E-state index contributed by atoms with van der Waals surface area (Å²) >= 11 is 11.8. The number of methoxy groups -OCH3 is 1. The van der Waals surface area contributed by atoms with Crippen LogP contribution in [0.1, 0.15) is 15.9 Å². The number of H-pyrrole nitrogens is 1. The molecule has 2 aromatic carbocycles. The number of hydrogen-bond acceptors (Lipinski definition) is 4. The maximum Gasteiger partial charge on any atom is 0.275 e. The normalized spacial score (nSPS) is 10.9. The second-order valence-electron chi connectivity index (χ2n) is 5.25. The van der Waals surface area contributed by atoms with Crippen molar-refractivity contribution in [1.29, 1.82) is 0 Å². The first-order valence-electron chi connectivity index (χ1n) is 7.54. The quantitative estimate of drug-likeness (QED) is 0.508. The maximum absolute atomic E-state index is 12.3. The molecule has 0 spiro atoms. The molecule has 0 aliphatic carbocycles. The van der Waals surface area contributed by atoms with Crippen LogP contribution in [-0.2, 0) is 0 Å². The summed E-state index contributed by atoms with van der Waals surface area (Å²) in [7, 11) is 1.48. The molecule has 0 saturated carbocycles. The Bertz CT molecular complexity index is 952. The van der Waals surface area contributed by atoms with Crippen molar-refractivity contribution in [2.24, 2.45) is 5.10 Å². The monoisotopic (exact) mass is 388 g/mol. The number of benzene rings is 2. The smallest absolute Gasteiger partial charge is 0.275 e. The summed E-state index contributed by atoms with van der Waals surface area (Å²) in [5, 5.41) is 12.0. The summed E-state index contributed by atoms with van der Waals surface area (Å²) in [6, 6.07) is 12.1. The van der Waals surface area contributed by atoms with Crippen molar-refractivity contribution in [3.8, 4) is 17.0 Å². The fourth-order valence-corrected chi connectivity index (χ4v) is 2.62. The molecule has 1 aromatic heterocycles. The Morgan fingerprint density at radius 2 is 1.92 bits per heavy atom. The maximum atomic E-state index is 12.3. The van der Waals surface area contributed by atoms with Crippen LogP contribution in [0, 0.1) is 0 Å². The average Bonchev–Trinajstić information content (AvgIpc) is 3.10. The van der Waals surface area contributed by atoms with E-state index in [4.69, 9.17) is 27.9 Å². The molecule has 2 N–H and O–H groups in total. The minimum absolute atomic E-state index is 0.294. The lowest BCUT2D eigenvalue weighted by molar-refractivity contribution is 0.0952. The van der Waals surface area contributed by atoms with E-state index in [1.54, 1.807) is 30.5 Å². The van der Waals surface area contributed by atoms with Crippen LogP contribution in [0.25, 0.3) is 11.3 Å². The van der Waals surface area contributed by atoms with Crippen molar-refractivity contribution in [2.75, 3.05) is 7.11 Å². The number of aromatic nitrogens is 2. The molecule has 0 atom stereocenters. The van der Waals surface area contributed by atoms with Gasteiger partial charge in [-0.3, -0.25) is 9.89 Å². The number of nitrogens with zero attached hydrogens (tertiary/aromatic N) is 2. The third kappa shape index (κ3) is 4.04. The number of nitrogens with one attached hydrogen (secondary N) is 2. The Morgan fingerprint density at radius 3 is 2.65 bits per heavy atom. The van der Waals surface area contributed by atoms with Crippen LogP contribution in [-0.4, -0.2) is 29.4 Å². The van der Waals surface area contributed by atoms with Crippen molar-refractivity contribution < 1.29 is 9.53 Å². The highest BCUT2D eigenvalue weighted by Gasteiger charge is 2.12. The van der Waals surface area contributed by atoms with Crippen molar-refractivity contribution >= 4 is 35.3 Å². The van der Waals surface area contributed by atoms with Gasteiger partial charge < -0.3 is 4.74 Å². The summed E-state index contributed by atoms with van der Waals surface area (Å²) in [6.07, 6.45) is 3.11. The van der Waals surface area contributed by atoms with Crippen molar-refractivity contribution in [3.05, 3.63) is 69.8 Å². The van der Waals surface area contributed by atoms with Crippen LogP contribution >= 0.6 is 23.2 Å². The van der Waals surface area contributed by atoms with Crippen molar-refractivity contribution in [1.82, 2.24) is 15.6 Å². The van der Waals surface area contributed by atoms with Crippen LogP contribution in [0.2, 0.25) is 10.0 Å². The van der Waals surface area contributed by atoms with E-state index < -0.39 is 5.91 Å². The number of aromatic amines is 1. The van der Waals surface area contributed by atoms with Gasteiger partial charge in [0, 0.05) is 21.2 Å².